The van der Waals surface area contributed by atoms with Gasteiger partial charge in [0.25, 0.3) is 0 Å². The van der Waals surface area contributed by atoms with Gasteiger partial charge in [-0.2, -0.15) is 0 Å². The van der Waals surface area contributed by atoms with Gasteiger partial charge in [0.15, 0.2) is 0 Å². The molecule has 0 spiro atoms. The van der Waals surface area contributed by atoms with E-state index < -0.39 is 0 Å². The van der Waals surface area contributed by atoms with Gasteiger partial charge in [-0.15, -0.1) is 0 Å². The predicted molar refractivity (Wildman–Crippen MR) is 48.8 cm³/mol. The second kappa shape index (κ2) is 3.26. The van der Waals surface area contributed by atoms with Crippen molar-refractivity contribution in [3.8, 4) is 0 Å². The zero-order valence-corrected chi connectivity index (χ0v) is 7.31. The van der Waals surface area contributed by atoms with E-state index in [1.807, 2.05) is 12.3 Å². The largest absolute Gasteiger partial charge is 0.246 e. The molecule has 0 unspecified atom stereocenters. The minimum absolute atomic E-state index is 0.498. The highest BCUT2D eigenvalue weighted by atomic mass is 32.2. The Morgan fingerprint density at radius 3 is 2.64 bits per heavy atom. The molecule has 1 fully saturated rings. The molecule has 2 rings (SSSR count). The molecule has 0 atom stereocenters. The lowest BCUT2D eigenvalue weighted by Crippen LogP contribution is -2.05. The van der Waals surface area contributed by atoms with Crippen molar-refractivity contribution in [2.75, 3.05) is 11.5 Å². The average Bonchev–Trinajstić information content (AvgIpc) is 2.58. The van der Waals surface area contributed by atoms with Crippen LogP contribution in [0.25, 0.3) is 0 Å². The molecule has 0 aromatic carbocycles. The van der Waals surface area contributed by atoms with Gasteiger partial charge in [-0.05, 0) is 18.9 Å². The van der Waals surface area contributed by atoms with Crippen LogP contribution >= 0.6 is 0 Å². The Kier molecular flexibility index (Phi) is 2.13. The molecular formula is C9H12NS+. The van der Waals surface area contributed by atoms with E-state index in [4.69, 9.17) is 0 Å². The summed E-state index contributed by atoms with van der Waals surface area (Å²) >= 11 is 0. The molecule has 1 nitrogen and oxygen atoms in total. The van der Waals surface area contributed by atoms with Crippen LogP contribution in [0.4, 0.5) is 0 Å². The summed E-state index contributed by atoms with van der Waals surface area (Å²) in [4.78, 5) is 4.37. The molecule has 0 radical (unpaired) electrons. The normalized spacial score (nSPS) is 18.9. The molecule has 1 aromatic heterocycles. The third-order valence-electron chi connectivity index (χ3n) is 1.96. The molecule has 1 saturated heterocycles. The Balaban J connectivity index is 2.16. The van der Waals surface area contributed by atoms with Crippen LogP contribution in [0.2, 0.25) is 0 Å². The first-order valence-corrected chi connectivity index (χ1v) is 5.61. The number of aromatic nitrogens is 1. The smallest absolute Gasteiger partial charge is 0.211 e. The Morgan fingerprint density at radius 2 is 2.00 bits per heavy atom. The van der Waals surface area contributed by atoms with E-state index in [1.54, 1.807) is 0 Å². The molecule has 0 saturated carbocycles. The zero-order chi connectivity index (χ0) is 7.52. The van der Waals surface area contributed by atoms with Crippen LogP contribution in [0.3, 0.4) is 0 Å². The molecule has 2 heterocycles. The third-order valence-corrected chi connectivity index (χ3v) is 4.36. The number of hydrogen-bond acceptors (Lipinski definition) is 1. The van der Waals surface area contributed by atoms with E-state index in [2.05, 4.69) is 17.1 Å². The fourth-order valence-corrected chi connectivity index (χ4v) is 3.59. The van der Waals surface area contributed by atoms with Crippen LogP contribution in [0, 0.1) is 0 Å². The van der Waals surface area contributed by atoms with E-state index in [9.17, 15) is 0 Å². The van der Waals surface area contributed by atoms with E-state index in [-0.39, 0.29) is 0 Å². The maximum Gasteiger partial charge on any atom is 0.246 e. The van der Waals surface area contributed by atoms with Crippen molar-refractivity contribution in [3.05, 3.63) is 24.4 Å². The van der Waals surface area contributed by atoms with Crippen LogP contribution in [0.1, 0.15) is 12.8 Å². The van der Waals surface area contributed by atoms with Crippen molar-refractivity contribution in [1.82, 2.24) is 4.98 Å². The van der Waals surface area contributed by atoms with Gasteiger partial charge in [-0.3, -0.25) is 0 Å². The quantitative estimate of drug-likeness (QED) is 0.580. The second-order valence-corrected chi connectivity index (χ2v) is 5.00. The molecule has 0 aliphatic carbocycles. The van der Waals surface area contributed by atoms with Crippen molar-refractivity contribution < 1.29 is 0 Å². The first-order valence-electron chi connectivity index (χ1n) is 4.05. The molecule has 0 bridgehead atoms. The SMILES string of the molecule is c1ccc([S+]2CCCC2)nc1. The van der Waals surface area contributed by atoms with E-state index in [1.165, 1.54) is 29.4 Å². The van der Waals surface area contributed by atoms with Gasteiger partial charge in [0, 0.05) is 23.2 Å². The minimum Gasteiger partial charge on any atom is -0.211 e. The Hall–Kier alpha value is -0.500. The first-order chi connectivity index (χ1) is 5.47. The summed E-state index contributed by atoms with van der Waals surface area (Å²) in [6.07, 6.45) is 4.71. The maximum atomic E-state index is 4.37. The van der Waals surface area contributed by atoms with Crippen molar-refractivity contribution in [2.24, 2.45) is 0 Å². The molecule has 1 aliphatic heterocycles. The lowest BCUT2D eigenvalue weighted by atomic mass is 10.4. The summed E-state index contributed by atoms with van der Waals surface area (Å²) in [6, 6.07) is 6.24. The molecule has 11 heavy (non-hydrogen) atoms. The summed E-state index contributed by atoms with van der Waals surface area (Å²) in [6.45, 7) is 0. The topological polar surface area (TPSA) is 12.9 Å². The van der Waals surface area contributed by atoms with Crippen LogP contribution < -0.4 is 0 Å². The van der Waals surface area contributed by atoms with E-state index in [0.717, 1.165) is 0 Å². The van der Waals surface area contributed by atoms with Crippen molar-refractivity contribution in [1.29, 1.82) is 0 Å². The van der Waals surface area contributed by atoms with Gasteiger partial charge in [-0.25, -0.2) is 4.98 Å². The zero-order valence-electron chi connectivity index (χ0n) is 6.49. The van der Waals surface area contributed by atoms with Crippen LogP contribution in [0.5, 0.6) is 0 Å². The molecule has 58 valence electrons. The fraction of sp³-hybridized carbons (Fsp3) is 0.444. The van der Waals surface area contributed by atoms with Gasteiger partial charge < -0.3 is 0 Å². The second-order valence-electron chi connectivity index (χ2n) is 2.78. The fourth-order valence-electron chi connectivity index (χ4n) is 1.38. The predicted octanol–water partition coefficient (Wildman–Crippen LogP) is 1.85. The number of pyridine rings is 1. The Labute approximate surface area is 70.2 Å². The highest BCUT2D eigenvalue weighted by Gasteiger charge is 2.27. The molecule has 0 amide bonds. The summed E-state index contributed by atoms with van der Waals surface area (Å²) in [5.41, 5.74) is 0. The minimum atomic E-state index is 0.498. The number of hydrogen-bond donors (Lipinski definition) is 0. The van der Waals surface area contributed by atoms with Crippen LogP contribution in [-0.2, 0) is 10.9 Å². The van der Waals surface area contributed by atoms with Gasteiger partial charge in [0.2, 0.25) is 5.03 Å². The van der Waals surface area contributed by atoms with Crippen molar-refractivity contribution >= 4 is 10.9 Å². The maximum absolute atomic E-state index is 4.37. The first kappa shape index (κ1) is 7.17. The Bertz CT molecular complexity index is 216. The lowest BCUT2D eigenvalue weighted by Gasteiger charge is -1.95. The van der Waals surface area contributed by atoms with Gasteiger partial charge in [-0.1, -0.05) is 6.07 Å². The summed E-state index contributed by atoms with van der Waals surface area (Å²) < 4.78 is 0. The van der Waals surface area contributed by atoms with Gasteiger partial charge in [0.05, 0.1) is 0 Å². The van der Waals surface area contributed by atoms with E-state index >= 15 is 0 Å². The number of nitrogens with zero attached hydrogens (tertiary/aromatic N) is 1. The molecular weight excluding hydrogens is 154 g/mol. The van der Waals surface area contributed by atoms with Gasteiger partial charge in [0.1, 0.15) is 11.5 Å². The van der Waals surface area contributed by atoms with E-state index in [0.29, 0.717) is 10.9 Å². The van der Waals surface area contributed by atoms with Gasteiger partial charge >= 0.3 is 0 Å². The average molecular weight is 166 g/mol. The highest BCUT2D eigenvalue weighted by molar-refractivity contribution is 7.97. The lowest BCUT2D eigenvalue weighted by molar-refractivity contribution is 0.949. The number of rotatable bonds is 1. The summed E-state index contributed by atoms with van der Waals surface area (Å²) in [7, 11) is 0.498. The molecule has 2 heteroatoms. The monoisotopic (exact) mass is 166 g/mol. The third kappa shape index (κ3) is 1.56. The molecule has 1 aromatic rings. The Morgan fingerprint density at radius 1 is 1.18 bits per heavy atom. The van der Waals surface area contributed by atoms with Crippen LogP contribution in [0.15, 0.2) is 29.4 Å². The van der Waals surface area contributed by atoms with Crippen molar-refractivity contribution in [3.63, 3.8) is 0 Å². The molecule has 0 N–H and O–H groups in total. The van der Waals surface area contributed by atoms with Crippen molar-refractivity contribution in [2.45, 2.75) is 17.9 Å². The van der Waals surface area contributed by atoms with Crippen LogP contribution in [-0.4, -0.2) is 16.5 Å². The standard InChI is InChI=1S/C9H12NS/c1-2-6-10-9(5-1)11-7-3-4-8-11/h1-2,5-6H,3-4,7-8H2/q+1. The summed E-state index contributed by atoms with van der Waals surface area (Å²) in [5.74, 6) is 2.74. The molecule has 1 aliphatic rings. The summed E-state index contributed by atoms with van der Waals surface area (Å²) in [5, 5.41) is 1.32. The highest BCUT2D eigenvalue weighted by Crippen LogP contribution is 2.20.